The van der Waals surface area contributed by atoms with Gasteiger partial charge >= 0.3 is 5.97 Å². The summed E-state index contributed by atoms with van der Waals surface area (Å²) >= 11 is 0. The van der Waals surface area contributed by atoms with Crippen LogP contribution in [-0.2, 0) is 20.7 Å². The van der Waals surface area contributed by atoms with E-state index >= 15 is 0 Å². The Morgan fingerprint density at radius 3 is 2.78 bits per heavy atom. The van der Waals surface area contributed by atoms with Gasteiger partial charge in [-0.1, -0.05) is 24.3 Å². The zero-order chi connectivity index (χ0) is 19.0. The van der Waals surface area contributed by atoms with Gasteiger partial charge in [-0.15, -0.1) is 0 Å². The second-order valence-corrected chi connectivity index (χ2v) is 6.78. The quantitative estimate of drug-likeness (QED) is 0.832. The zero-order valence-corrected chi connectivity index (χ0v) is 15.0. The number of hydrogen-bond donors (Lipinski definition) is 1. The molecule has 6 heteroatoms. The van der Waals surface area contributed by atoms with Crippen LogP contribution in [0.5, 0.6) is 0 Å². The second kappa shape index (κ2) is 6.87. The first-order valence-corrected chi connectivity index (χ1v) is 9.00. The van der Waals surface area contributed by atoms with Crippen molar-refractivity contribution >= 4 is 29.2 Å². The van der Waals surface area contributed by atoms with Crippen molar-refractivity contribution in [2.45, 2.75) is 25.2 Å². The van der Waals surface area contributed by atoms with Crippen molar-refractivity contribution in [3.63, 3.8) is 0 Å². The van der Waals surface area contributed by atoms with E-state index in [1.165, 1.54) is 7.11 Å². The molecule has 1 N–H and O–H groups in total. The molecule has 2 aromatic rings. The minimum Gasteiger partial charge on any atom is -0.465 e. The normalized spacial score (nSPS) is 18.2. The summed E-state index contributed by atoms with van der Waals surface area (Å²) in [7, 11) is 1.35. The van der Waals surface area contributed by atoms with Gasteiger partial charge in [-0.2, -0.15) is 0 Å². The average molecular weight is 364 g/mol. The fraction of sp³-hybridized carbons (Fsp3) is 0.286. The number of nitrogens with zero attached hydrogens (tertiary/aromatic N) is 1. The third-order valence-electron chi connectivity index (χ3n) is 5.22. The highest BCUT2D eigenvalue weighted by Crippen LogP contribution is 2.37. The van der Waals surface area contributed by atoms with Crippen LogP contribution in [0.15, 0.2) is 42.5 Å². The summed E-state index contributed by atoms with van der Waals surface area (Å²) in [6.45, 7) is 0.566. The van der Waals surface area contributed by atoms with Crippen LogP contribution in [0.25, 0.3) is 0 Å². The number of carbonyl (C=O) groups excluding carboxylic acids is 3. The lowest BCUT2D eigenvalue weighted by atomic mass is 9.88. The number of hydrogen-bond acceptors (Lipinski definition) is 4. The van der Waals surface area contributed by atoms with Crippen molar-refractivity contribution in [1.29, 1.82) is 0 Å². The van der Waals surface area contributed by atoms with Gasteiger partial charge in [0.25, 0.3) is 0 Å². The number of para-hydroxylation sites is 1. The number of rotatable bonds is 2. The number of ether oxygens (including phenoxy) is 1. The van der Waals surface area contributed by atoms with Crippen molar-refractivity contribution in [1.82, 2.24) is 0 Å². The van der Waals surface area contributed by atoms with Crippen molar-refractivity contribution in [2.75, 3.05) is 23.9 Å². The molecule has 2 amide bonds. The summed E-state index contributed by atoms with van der Waals surface area (Å²) in [5, 5.41) is 2.83. The predicted octanol–water partition coefficient (Wildman–Crippen LogP) is 2.88. The third kappa shape index (κ3) is 2.97. The minimum absolute atomic E-state index is 0.111. The molecule has 0 spiro atoms. The first-order valence-electron chi connectivity index (χ1n) is 9.00. The van der Waals surface area contributed by atoms with Gasteiger partial charge in [0.1, 0.15) is 0 Å². The Hall–Kier alpha value is -3.15. The number of nitrogens with one attached hydrogen (secondary N) is 1. The first kappa shape index (κ1) is 17.3. The highest BCUT2D eigenvalue weighted by molar-refractivity contribution is 6.07. The number of benzene rings is 2. The Morgan fingerprint density at radius 2 is 1.96 bits per heavy atom. The monoisotopic (exact) mass is 364 g/mol. The van der Waals surface area contributed by atoms with Crippen LogP contribution in [0.4, 0.5) is 11.4 Å². The standard InChI is InChI=1S/C21H20N2O4/c1-27-21(26)15-7-4-10-18-14(15)8-5-11-23(18)20(25)16-12-19(24)22-17-9-3-2-6-13(16)17/h2-4,6-7,9-10,16H,5,8,11-12H2,1H3,(H,22,24). The smallest absolute Gasteiger partial charge is 0.338 e. The molecule has 0 bridgehead atoms. The fourth-order valence-electron chi connectivity index (χ4n) is 3.97. The van der Waals surface area contributed by atoms with E-state index in [-0.39, 0.29) is 18.2 Å². The van der Waals surface area contributed by atoms with Crippen LogP contribution in [0.2, 0.25) is 0 Å². The molecule has 2 heterocycles. The van der Waals surface area contributed by atoms with Crippen LogP contribution >= 0.6 is 0 Å². The van der Waals surface area contributed by atoms with E-state index in [9.17, 15) is 14.4 Å². The van der Waals surface area contributed by atoms with Crippen molar-refractivity contribution in [3.05, 3.63) is 59.2 Å². The Labute approximate surface area is 157 Å². The fourth-order valence-corrected chi connectivity index (χ4v) is 3.97. The number of fused-ring (bicyclic) bond motifs is 2. The van der Waals surface area contributed by atoms with Gasteiger partial charge in [-0.3, -0.25) is 9.59 Å². The van der Waals surface area contributed by atoms with Crippen LogP contribution in [-0.4, -0.2) is 31.4 Å². The van der Waals surface area contributed by atoms with Crippen molar-refractivity contribution in [3.8, 4) is 0 Å². The van der Waals surface area contributed by atoms with E-state index in [2.05, 4.69) is 5.32 Å². The molecular weight excluding hydrogens is 344 g/mol. The van der Waals surface area contributed by atoms with Gasteiger partial charge in [0.05, 0.1) is 18.6 Å². The third-order valence-corrected chi connectivity index (χ3v) is 5.22. The van der Waals surface area contributed by atoms with E-state index in [4.69, 9.17) is 4.74 Å². The predicted molar refractivity (Wildman–Crippen MR) is 101 cm³/mol. The number of amides is 2. The van der Waals surface area contributed by atoms with Crippen molar-refractivity contribution < 1.29 is 19.1 Å². The summed E-state index contributed by atoms with van der Waals surface area (Å²) < 4.78 is 4.88. The lowest BCUT2D eigenvalue weighted by Crippen LogP contribution is -2.41. The molecule has 0 radical (unpaired) electrons. The van der Waals surface area contributed by atoms with Crippen molar-refractivity contribution in [2.24, 2.45) is 0 Å². The minimum atomic E-state index is -0.525. The Morgan fingerprint density at radius 1 is 1.15 bits per heavy atom. The molecule has 2 aliphatic heterocycles. The second-order valence-electron chi connectivity index (χ2n) is 6.78. The summed E-state index contributed by atoms with van der Waals surface area (Å²) in [5.41, 5.74) is 3.58. The summed E-state index contributed by atoms with van der Waals surface area (Å²) in [4.78, 5) is 39.3. The Kier molecular flexibility index (Phi) is 4.39. The molecule has 0 aromatic heterocycles. The van der Waals surface area contributed by atoms with Gasteiger partial charge in [0.15, 0.2) is 0 Å². The van der Waals surface area contributed by atoms with Gasteiger partial charge in [0, 0.05) is 24.3 Å². The highest BCUT2D eigenvalue weighted by atomic mass is 16.5. The van der Waals surface area contributed by atoms with E-state index in [0.29, 0.717) is 24.2 Å². The molecule has 0 saturated heterocycles. The first-order chi connectivity index (χ1) is 13.1. The lowest BCUT2D eigenvalue weighted by molar-refractivity contribution is -0.124. The zero-order valence-electron chi connectivity index (χ0n) is 15.0. The van der Waals surface area contributed by atoms with E-state index in [1.54, 1.807) is 17.0 Å². The van der Waals surface area contributed by atoms with Crippen LogP contribution in [0.3, 0.4) is 0 Å². The molecule has 138 valence electrons. The van der Waals surface area contributed by atoms with Crippen LogP contribution in [0.1, 0.15) is 40.2 Å². The van der Waals surface area contributed by atoms with E-state index < -0.39 is 11.9 Å². The summed E-state index contributed by atoms with van der Waals surface area (Å²) in [5.74, 6) is -1.20. The lowest BCUT2D eigenvalue weighted by Gasteiger charge is -2.34. The average Bonchev–Trinajstić information content (AvgIpc) is 2.71. The molecule has 2 aliphatic rings. The SMILES string of the molecule is COC(=O)c1cccc2c1CCCN2C(=O)C1CC(=O)Nc2ccccc21. The molecule has 27 heavy (non-hydrogen) atoms. The number of anilines is 2. The maximum absolute atomic E-state index is 13.4. The topological polar surface area (TPSA) is 75.7 Å². The van der Waals surface area contributed by atoms with Crippen LogP contribution < -0.4 is 10.2 Å². The molecule has 1 atom stereocenters. The molecule has 1 unspecified atom stereocenters. The van der Waals surface area contributed by atoms with Gasteiger partial charge in [-0.25, -0.2) is 4.79 Å². The molecule has 0 saturated carbocycles. The van der Waals surface area contributed by atoms with Gasteiger partial charge in [-0.05, 0) is 42.2 Å². The number of esters is 1. The highest BCUT2D eigenvalue weighted by Gasteiger charge is 2.36. The molecule has 0 aliphatic carbocycles. The Bertz CT molecular complexity index is 938. The summed E-state index contributed by atoms with van der Waals surface area (Å²) in [6, 6.07) is 12.7. The van der Waals surface area contributed by atoms with E-state index in [0.717, 1.165) is 23.2 Å². The largest absolute Gasteiger partial charge is 0.465 e. The number of methoxy groups -OCH3 is 1. The molecule has 2 aromatic carbocycles. The molecule has 0 fully saturated rings. The number of carbonyl (C=O) groups is 3. The maximum Gasteiger partial charge on any atom is 0.338 e. The molecule has 4 rings (SSSR count). The van der Waals surface area contributed by atoms with Gasteiger partial charge < -0.3 is 15.0 Å². The Balaban J connectivity index is 1.73. The maximum atomic E-state index is 13.4. The van der Waals surface area contributed by atoms with Crippen LogP contribution in [0, 0.1) is 0 Å². The molecular formula is C21H20N2O4. The molecule has 6 nitrogen and oxygen atoms in total. The van der Waals surface area contributed by atoms with Gasteiger partial charge in [0.2, 0.25) is 11.8 Å². The summed E-state index contributed by atoms with van der Waals surface area (Å²) in [6.07, 6.45) is 1.60. The van der Waals surface area contributed by atoms with E-state index in [1.807, 2.05) is 30.3 Å².